The molecule has 14 heteroatoms. The maximum absolute atomic E-state index is 13.7. The Morgan fingerprint density at radius 3 is 1.38 bits per heavy atom. The summed E-state index contributed by atoms with van der Waals surface area (Å²) in [5, 5.41) is 3.06. The monoisotopic (exact) mass is 976 g/mol. The Labute approximate surface area is 409 Å². The summed E-state index contributed by atoms with van der Waals surface area (Å²) in [5.74, 6) is -0.156. The minimum atomic E-state index is -4.49. The van der Waals surface area contributed by atoms with Crippen LogP contribution < -0.4 is 20.5 Å². The van der Waals surface area contributed by atoms with Crippen LogP contribution in [0.3, 0.4) is 0 Å². The molecule has 370 valence electrons. The number of rotatable bonds is 15. The molecular formula is C57H54F6N2O6. The lowest BCUT2D eigenvalue weighted by molar-refractivity contribution is -0.138. The summed E-state index contributed by atoms with van der Waals surface area (Å²) < 4.78 is 104. The van der Waals surface area contributed by atoms with Crippen molar-refractivity contribution in [3.8, 4) is 11.5 Å². The molecule has 0 amide bonds. The summed E-state index contributed by atoms with van der Waals surface area (Å²) in [6.07, 6.45) is -4.89. The van der Waals surface area contributed by atoms with Crippen molar-refractivity contribution in [1.29, 1.82) is 0 Å². The third kappa shape index (κ3) is 13.0. The van der Waals surface area contributed by atoms with Gasteiger partial charge in [0.15, 0.2) is 0 Å². The predicted octanol–water partition coefficient (Wildman–Crippen LogP) is 14.7. The molecule has 0 saturated carbocycles. The van der Waals surface area contributed by atoms with Crippen LogP contribution in [0.5, 0.6) is 11.5 Å². The average Bonchev–Trinajstić information content (AvgIpc) is 4.07. The fraction of sp³-hybridized carbons (Fsp3) is 0.263. The number of nitrogens with two attached hydrogens (primary N) is 1. The number of nitrogens with one attached hydrogen (secondary N) is 1. The van der Waals surface area contributed by atoms with Gasteiger partial charge >= 0.3 is 24.3 Å². The average molecular weight is 977 g/mol. The Bertz CT molecular complexity index is 2910. The molecule has 2 aliphatic rings. The summed E-state index contributed by atoms with van der Waals surface area (Å²) in [5.41, 5.74) is 13.9. The third-order valence-electron chi connectivity index (χ3n) is 12.1. The zero-order valence-corrected chi connectivity index (χ0v) is 39.6. The number of anilines is 2. The van der Waals surface area contributed by atoms with Crippen LogP contribution in [-0.2, 0) is 35.0 Å². The zero-order valence-electron chi connectivity index (χ0n) is 39.6. The molecule has 0 bridgehead atoms. The number of halogens is 6. The van der Waals surface area contributed by atoms with Crippen LogP contribution in [-0.4, -0.2) is 32.2 Å². The van der Waals surface area contributed by atoms with E-state index in [9.17, 15) is 35.9 Å². The molecule has 2 aliphatic carbocycles. The van der Waals surface area contributed by atoms with Gasteiger partial charge in [-0.25, -0.2) is 9.59 Å². The van der Waals surface area contributed by atoms with Crippen molar-refractivity contribution in [3.05, 3.63) is 189 Å². The van der Waals surface area contributed by atoms with Crippen molar-refractivity contribution >= 4 is 45.6 Å². The zero-order chi connectivity index (χ0) is 50.7. The van der Waals surface area contributed by atoms with E-state index in [1.54, 1.807) is 45.2 Å². The maximum Gasteiger partial charge on any atom is 0.416 e. The largest absolute Gasteiger partial charge is 0.488 e. The normalized spacial score (nSPS) is 13.6. The minimum Gasteiger partial charge on any atom is -0.488 e. The Balaban J connectivity index is 0.000000209. The number of hydrogen-bond donors (Lipinski definition) is 2. The fourth-order valence-electron chi connectivity index (χ4n) is 8.76. The summed E-state index contributed by atoms with van der Waals surface area (Å²) in [4.78, 5) is 24.8. The van der Waals surface area contributed by atoms with Gasteiger partial charge in [0.25, 0.3) is 0 Å². The van der Waals surface area contributed by atoms with Crippen LogP contribution in [0.15, 0.2) is 133 Å². The van der Waals surface area contributed by atoms with Crippen molar-refractivity contribution < 1.29 is 54.9 Å². The Kier molecular flexibility index (Phi) is 16.6. The number of esters is 2. The van der Waals surface area contributed by atoms with Gasteiger partial charge in [-0.2, -0.15) is 26.3 Å². The molecule has 0 fully saturated rings. The molecule has 8 rings (SSSR count). The lowest BCUT2D eigenvalue weighted by atomic mass is 9.93. The molecule has 6 aromatic rings. The summed E-state index contributed by atoms with van der Waals surface area (Å²) in [6, 6.07) is 36.5. The second-order valence-electron chi connectivity index (χ2n) is 16.9. The van der Waals surface area contributed by atoms with Gasteiger partial charge in [0.05, 0.1) is 35.5 Å². The molecule has 71 heavy (non-hydrogen) atoms. The Morgan fingerprint density at radius 1 is 0.535 bits per heavy atom. The number of alkyl halides is 6. The number of carbonyl (C=O) groups excluding carboxylic acids is 2. The van der Waals surface area contributed by atoms with Crippen molar-refractivity contribution in [2.45, 2.75) is 77.9 Å². The first kappa shape index (κ1) is 51.4. The van der Waals surface area contributed by atoms with E-state index in [1.807, 2.05) is 66.7 Å². The van der Waals surface area contributed by atoms with E-state index in [0.29, 0.717) is 70.7 Å². The number of benzene rings is 6. The second-order valence-corrected chi connectivity index (χ2v) is 16.9. The van der Waals surface area contributed by atoms with Crippen molar-refractivity contribution in [3.63, 3.8) is 0 Å². The Morgan fingerprint density at radius 2 is 0.958 bits per heavy atom. The molecule has 0 saturated heterocycles. The first-order valence-corrected chi connectivity index (χ1v) is 23.3. The first-order valence-electron chi connectivity index (χ1n) is 23.3. The molecule has 8 nitrogen and oxygen atoms in total. The van der Waals surface area contributed by atoms with Crippen molar-refractivity contribution in [2.75, 3.05) is 31.3 Å². The van der Waals surface area contributed by atoms with Gasteiger partial charge in [0, 0.05) is 29.5 Å². The van der Waals surface area contributed by atoms with Crippen LogP contribution in [0.1, 0.15) is 118 Å². The quantitative estimate of drug-likeness (QED) is 0.0595. The highest BCUT2D eigenvalue weighted by molar-refractivity contribution is 5.99. The number of hydrogen-bond acceptors (Lipinski definition) is 8. The van der Waals surface area contributed by atoms with Gasteiger partial charge in [0.2, 0.25) is 0 Å². The topological polar surface area (TPSA) is 109 Å². The van der Waals surface area contributed by atoms with Crippen LogP contribution in [0.25, 0.3) is 22.3 Å². The number of carbonyl (C=O) groups is 2. The number of nitrogen functional groups attached to an aromatic ring is 1. The molecule has 3 N–H and O–H groups in total. The van der Waals surface area contributed by atoms with E-state index in [-0.39, 0.29) is 26.4 Å². The molecule has 0 heterocycles. The van der Waals surface area contributed by atoms with Gasteiger partial charge in [0.1, 0.15) is 24.7 Å². The molecule has 6 aromatic carbocycles. The third-order valence-corrected chi connectivity index (χ3v) is 12.1. The Hall–Kier alpha value is -7.48. The van der Waals surface area contributed by atoms with Gasteiger partial charge in [-0.05, 0) is 170 Å². The van der Waals surface area contributed by atoms with Crippen LogP contribution in [0.4, 0.5) is 37.7 Å². The molecule has 0 aromatic heterocycles. The summed E-state index contributed by atoms with van der Waals surface area (Å²) in [6.45, 7) is 4.40. The molecular weight excluding hydrogens is 923 g/mol. The first-order chi connectivity index (χ1) is 34.1. The van der Waals surface area contributed by atoms with Gasteiger partial charge in [-0.3, -0.25) is 0 Å². The molecule has 0 aliphatic heterocycles. The van der Waals surface area contributed by atoms with Gasteiger partial charge in [-0.15, -0.1) is 0 Å². The predicted molar refractivity (Wildman–Crippen MR) is 265 cm³/mol. The van der Waals surface area contributed by atoms with Crippen LogP contribution in [0, 0.1) is 0 Å². The highest BCUT2D eigenvalue weighted by atomic mass is 19.4. The van der Waals surface area contributed by atoms with E-state index in [2.05, 4.69) is 5.32 Å². The number of ether oxygens (including phenoxy) is 4. The van der Waals surface area contributed by atoms with E-state index >= 15 is 0 Å². The van der Waals surface area contributed by atoms with E-state index in [0.717, 1.165) is 75.7 Å². The lowest BCUT2D eigenvalue weighted by Gasteiger charge is -2.18. The summed E-state index contributed by atoms with van der Waals surface area (Å²) >= 11 is 0. The van der Waals surface area contributed by atoms with E-state index in [4.69, 9.17) is 24.7 Å². The van der Waals surface area contributed by atoms with Gasteiger partial charge in [-0.1, -0.05) is 60.7 Å². The van der Waals surface area contributed by atoms with E-state index < -0.39 is 35.4 Å². The van der Waals surface area contributed by atoms with Crippen molar-refractivity contribution in [1.82, 2.24) is 0 Å². The second kappa shape index (κ2) is 23.0. The fourth-order valence-corrected chi connectivity index (χ4v) is 8.76. The molecule has 0 spiro atoms. The maximum atomic E-state index is 13.7. The minimum absolute atomic E-state index is 0.225. The standard InChI is InChI=1S/C29H28F3NO3.C28H26F3NO3/c1-3-35-28(34)21-14-20(15-23(16-21)33-2)24-10-7-11-25(24)26-17-22(29(30,31)32)12-13-27(26)36-18-19-8-5-4-6-9-19;1-2-34-27(33)20-13-19(14-22(32)15-20)23-9-6-10-24(23)25-16-21(28(29,30)31)11-12-26(25)35-17-18-7-4-3-5-8-18/h4-6,8-9,12-17,33H,3,7,10-11,18H2,1-2H3;3-5,7-8,11-16H,2,6,9-10,17,32H2,1H3. The number of allylic oxidation sites excluding steroid dienone is 4. The highest BCUT2D eigenvalue weighted by Crippen LogP contribution is 2.47. The lowest BCUT2D eigenvalue weighted by Crippen LogP contribution is -2.07. The summed E-state index contributed by atoms with van der Waals surface area (Å²) in [7, 11) is 1.75. The molecule has 0 atom stereocenters. The molecule has 0 unspecified atom stereocenters. The van der Waals surface area contributed by atoms with Crippen LogP contribution in [0.2, 0.25) is 0 Å². The SMILES string of the molecule is CCOC(=O)c1cc(N)cc(C2=C(c3cc(C(F)(F)F)ccc3OCc3ccccc3)CCC2)c1.CCOC(=O)c1cc(NC)cc(C2=C(c3cc(C(F)(F)F)ccc3OCc3ccccc3)CCC2)c1. The van der Waals surface area contributed by atoms with Gasteiger partial charge < -0.3 is 30.0 Å². The molecule has 0 radical (unpaired) electrons. The van der Waals surface area contributed by atoms with Crippen molar-refractivity contribution in [2.24, 2.45) is 0 Å². The smallest absolute Gasteiger partial charge is 0.416 e. The van der Waals surface area contributed by atoms with Crippen LogP contribution >= 0.6 is 0 Å². The van der Waals surface area contributed by atoms with E-state index in [1.165, 1.54) is 24.3 Å². The highest BCUT2D eigenvalue weighted by Gasteiger charge is 2.34.